The number of hydrogen-bond donors (Lipinski definition) is 1. The minimum absolute atomic E-state index is 0.328. The number of rotatable bonds is 12. The summed E-state index contributed by atoms with van der Waals surface area (Å²) in [5, 5.41) is 8.70. The van der Waals surface area contributed by atoms with Crippen LogP contribution < -0.4 is 0 Å². The molecule has 0 bridgehead atoms. The van der Waals surface area contributed by atoms with E-state index in [2.05, 4.69) is 39.0 Å². The Kier molecular flexibility index (Phi) is 10.8. The van der Waals surface area contributed by atoms with Gasteiger partial charge in [-0.3, -0.25) is 4.79 Å². The quantitative estimate of drug-likeness (QED) is 0.316. The number of allylic oxidation sites excluding steroid dienone is 4. The Morgan fingerprint density at radius 1 is 1.17 bits per heavy atom. The Balaban J connectivity index is 2.21. The number of carboxylic acids is 1. The van der Waals surface area contributed by atoms with Crippen LogP contribution in [0.1, 0.15) is 91.4 Å². The van der Waals surface area contributed by atoms with Crippen LogP contribution >= 0.6 is 0 Å². The molecule has 1 fully saturated rings. The summed E-state index contributed by atoms with van der Waals surface area (Å²) in [6.45, 7) is 6.68. The molecule has 3 atom stereocenters. The summed E-state index contributed by atoms with van der Waals surface area (Å²) in [7, 11) is 0. The molecule has 0 radical (unpaired) electrons. The molecule has 1 aliphatic carbocycles. The van der Waals surface area contributed by atoms with Gasteiger partial charge < -0.3 is 5.11 Å². The van der Waals surface area contributed by atoms with Gasteiger partial charge in [-0.2, -0.15) is 0 Å². The lowest BCUT2D eigenvalue weighted by atomic mass is 9.85. The first-order valence-corrected chi connectivity index (χ1v) is 10.0. The number of aliphatic carboxylic acids is 1. The highest BCUT2D eigenvalue weighted by Crippen LogP contribution is 2.38. The molecule has 0 saturated heterocycles. The maximum atomic E-state index is 10.6. The zero-order valence-corrected chi connectivity index (χ0v) is 16.1. The zero-order valence-electron chi connectivity index (χ0n) is 16.1. The molecular weight excluding hydrogens is 296 g/mol. The second-order valence-corrected chi connectivity index (χ2v) is 7.98. The first kappa shape index (κ1) is 21.0. The molecule has 1 aliphatic rings. The molecule has 138 valence electrons. The van der Waals surface area contributed by atoms with Crippen molar-refractivity contribution in [2.75, 3.05) is 0 Å². The minimum atomic E-state index is -0.659. The van der Waals surface area contributed by atoms with E-state index in [1.54, 1.807) is 0 Å². The molecule has 0 aliphatic heterocycles. The van der Waals surface area contributed by atoms with E-state index in [-0.39, 0.29) is 0 Å². The van der Waals surface area contributed by atoms with Crippen molar-refractivity contribution in [1.29, 1.82) is 0 Å². The van der Waals surface area contributed by atoms with Gasteiger partial charge in [0, 0.05) is 6.42 Å². The number of hydrogen-bond acceptors (Lipinski definition) is 1. The monoisotopic (exact) mass is 334 g/mol. The van der Waals surface area contributed by atoms with E-state index in [0.29, 0.717) is 6.42 Å². The molecule has 1 rings (SSSR count). The van der Waals surface area contributed by atoms with Crippen LogP contribution in [0, 0.1) is 17.8 Å². The SMILES string of the molecule is CC(C)=CCCCC=C[C@H]1CCC[C@@H]1CC(C)CCCCC(=O)O. The maximum absolute atomic E-state index is 10.6. The second kappa shape index (κ2) is 12.3. The molecule has 2 heteroatoms. The van der Waals surface area contributed by atoms with Gasteiger partial charge in [-0.25, -0.2) is 0 Å². The summed E-state index contributed by atoms with van der Waals surface area (Å²) in [4.78, 5) is 10.6. The Hall–Kier alpha value is -1.05. The fraction of sp³-hybridized carbons (Fsp3) is 0.773. The van der Waals surface area contributed by atoms with Crippen LogP contribution in [0.5, 0.6) is 0 Å². The third kappa shape index (κ3) is 9.95. The van der Waals surface area contributed by atoms with Gasteiger partial charge in [0.15, 0.2) is 0 Å². The Bertz CT molecular complexity index is 404. The molecule has 0 heterocycles. The number of carboxylic acid groups (broad SMARTS) is 1. The number of carbonyl (C=O) groups is 1. The summed E-state index contributed by atoms with van der Waals surface area (Å²) in [5.74, 6) is 1.71. The van der Waals surface area contributed by atoms with Gasteiger partial charge in [-0.15, -0.1) is 0 Å². The topological polar surface area (TPSA) is 37.3 Å². The molecule has 1 N–H and O–H groups in total. The second-order valence-electron chi connectivity index (χ2n) is 7.98. The fourth-order valence-electron chi connectivity index (χ4n) is 3.91. The highest BCUT2D eigenvalue weighted by atomic mass is 16.4. The molecule has 2 nitrogen and oxygen atoms in total. The third-order valence-corrected chi connectivity index (χ3v) is 5.27. The van der Waals surface area contributed by atoms with Crippen LogP contribution in [0.4, 0.5) is 0 Å². The Morgan fingerprint density at radius 3 is 2.67 bits per heavy atom. The summed E-state index contributed by atoms with van der Waals surface area (Å²) in [6.07, 6.45) is 19.8. The van der Waals surface area contributed by atoms with Crippen molar-refractivity contribution in [3.05, 3.63) is 23.8 Å². The lowest BCUT2D eigenvalue weighted by Gasteiger charge is -2.21. The molecule has 0 amide bonds. The number of unbranched alkanes of at least 4 members (excludes halogenated alkanes) is 3. The van der Waals surface area contributed by atoms with Crippen molar-refractivity contribution in [2.45, 2.75) is 91.4 Å². The van der Waals surface area contributed by atoms with Crippen molar-refractivity contribution in [3.8, 4) is 0 Å². The lowest BCUT2D eigenvalue weighted by molar-refractivity contribution is -0.137. The van der Waals surface area contributed by atoms with Crippen LogP contribution in [-0.4, -0.2) is 11.1 Å². The molecule has 0 aromatic heterocycles. The molecule has 0 aromatic carbocycles. The summed E-state index contributed by atoms with van der Waals surface area (Å²) in [6, 6.07) is 0. The van der Waals surface area contributed by atoms with E-state index in [0.717, 1.165) is 30.6 Å². The van der Waals surface area contributed by atoms with E-state index < -0.39 is 5.97 Å². The Morgan fingerprint density at radius 2 is 1.96 bits per heavy atom. The normalized spacial score (nSPS) is 22.0. The fourth-order valence-corrected chi connectivity index (χ4v) is 3.91. The van der Waals surface area contributed by atoms with Crippen LogP contribution in [-0.2, 0) is 4.79 Å². The van der Waals surface area contributed by atoms with Crippen molar-refractivity contribution in [1.82, 2.24) is 0 Å². The van der Waals surface area contributed by atoms with E-state index in [1.807, 2.05) is 0 Å². The predicted octanol–water partition coefficient (Wildman–Crippen LogP) is 6.77. The van der Waals surface area contributed by atoms with Gasteiger partial charge in [0.25, 0.3) is 0 Å². The molecule has 1 unspecified atom stereocenters. The van der Waals surface area contributed by atoms with Gasteiger partial charge >= 0.3 is 5.97 Å². The maximum Gasteiger partial charge on any atom is 0.303 e. The highest BCUT2D eigenvalue weighted by Gasteiger charge is 2.26. The predicted molar refractivity (Wildman–Crippen MR) is 103 cm³/mol. The standard InChI is InChI=1S/C22H38O2/c1-18(2)11-6-4-5-7-13-20-14-10-15-21(20)17-19(3)12-8-9-16-22(23)24/h7,11,13,19-21H,4-6,8-10,12,14-17H2,1-3H3,(H,23,24)/t19?,20-,21+/m0/s1. The minimum Gasteiger partial charge on any atom is -0.481 e. The van der Waals surface area contributed by atoms with E-state index in [1.165, 1.54) is 56.9 Å². The smallest absolute Gasteiger partial charge is 0.303 e. The molecule has 0 aromatic rings. The summed E-state index contributed by atoms with van der Waals surface area (Å²) in [5.41, 5.74) is 1.42. The molecule has 1 saturated carbocycles. The van der Waals surface area contributed by atoms with Gasteiger partial charge in [0.2, 0.25) is 0 Å². The van der Waals surface area contributed by atoms with Gasteiger partial charge in [0.05, 0.1) is 0 Å². The average Bonchev–Trinajstić information content (AvgIpc) is 2.94. The third-order valence-electron chi connectivity index (χ3n) is 5.27. The Labute approximate surface area is 149 Å². The average molecular weight is 335 g/mol. The van der Waals surface area contributed by atoms with Crippen molar-refractivity contribution >= 4 is 5.97 Å². The van der Waals surface area contributed by atoms with Gasteiger partial charge in [-0.1, -0.05) is 50.0 Å². The largest absolute Gasteiger partial charge is 0.481 e. The summed E-state index contributed by atoms with van der Waals surface area (Å²) < 4.78 is 0. The van der Waals surface area contributed by atoms with Crippen molar-refractivity contribution in [2.24, 2.45) is 17.8 Å². The van der Waals surface area contributed by atoms with Crippen LogP contribution in [0.3, 0.4) is 0 Å². The molecule has 24 heavy (non-hydrogen) atoms. The van der Waals surface area contributed by atoms with Crippen molar-refractivity contribution < 1.29 is 9.90 Å². The highest BCUT2D eigenvalue weighted by molar-refractivity contribution is 5.66. The lowest BCUT2D eigenvalue weighted by Crippen LogP contribution is -2.10. The van der Waals surface area contributed by atoms with Crippen LogP contribution in [0.15, 0.2) is 23.8 Å². The van der Waals surface area contributed by atoms with Gasteiger partial charge in [0.1, 0.15) is 0 Å². The zero-order chi connectivity index (χ0) is 17.8. The van der Waals surface area contributed by atoms with E-state index >= 15 is 0 Å². The van der Waals surface area contributed by atoms with E-state index in [9.17, 15) is 4.79 Å². The first-order chi connectivity index (χ1) is 11.5. The van der Waals surface area contributed by atoms with Gasteiger partial charge in [-0.05, 0) is 76.5 Å². The van der Waals surface area contributed by atoms with Crippen molar-refractivity contribution in [3.63, 3.8) is 0 Å². The van der Waals surface area contributed by atoms with Crippen LogP contribution in [0.2, 0.25) is 0 Å². The summed E-state index contributed by atoms with van der Waals surface area (Å²) >= 11 is 0. The van der Waals surface area contributed by atoms with Crippen LogP contribution in [0.25, 0.3) is 0 Å². The first-order valence-electron chi connectivity index (χ1n) is 10.0. The molecule has 0 spiro atoms. The van der Waals surface area contributed by atoms with E-state index in [4.69, 9.17) is 5.11 Å². The molecular formula is C22H38O2.